The first-order valence-electron chi connectivity index (χ1n) is 6.92. The van der Waals surface area contributed by atoms with Crippen LogP contribution < -0.4 is 10.0 Å². The van der Waals surface area contributed by atoms with Gasteiger partial charge >= 0.3 is 0 Å². The highest BCUT2D eigenvalue weighted by molar-refractivity contribution is 9.11. The summed E-state index contributed by atoms with van der Waals surface area (Å²) in [5.74, 6) is 1.12. The van der Waals surface area contributed by atoms with Gasteiger partial charge in [0.15, 0.2) is 0 Å². The Labute approximate surface area is 133 Å². The molecule has 1 aromatic heterocycles. The molecular formula is C13H21BrN2O2S2. The van der Waals surface area contributed by atoms with Crippen LogP contribution in [0.3, 0.4) is 0 Å². The minimum Gasteiger partial charge on any atom is -0.312 e. The molecular weight excluding hydrogens is 360 g/mol. The van der Waals surface area contributed by atoms with E-state index in [1.807, 2.05) is 6.92 Å². The molecule has 1 unspecified atom stereocenters. The molecule has 0 aliphatic heterocycles. The summed E-state index contributed by atoms with van der Waals surface area (Å²) in [6.07, 6.45) is 2.47. The summed E-state index contributed by atoms with van der Waals surface area (Å²) >= 11 is 4.83. The van der Waals surface area contributed by atoms with Crippen LogP contribution in [0, 0.1) is 11.8 Å². The first kappa shape index (κ1) is 16.4. The van der Waals surface area contributed by atoms with E-state index in [-0.39, 0.29) is 0 Å². The predicted molar refractivity (Wildman–Crippen MR) is 86.5 cm³/mol. The van der Waals surface area contributed by atoms with E-state index in [9.17, 15) is 8.42 Å². The van der Waals surface area contributed by atoms with Gasteiger partial charge in [0.25, 0.3) is 0 Å². The van der Waals surface area contributed by atoms with E-state index in [0.29, 0.717) is 33.6 Å². The molecule has 4 nitrogen and oxygen atoms in total. The van der Waals surface area contributed by atoms with Gasteiger partial charge in [0.05, 0.1) is 3.79 Å². The molecule has 7 heteroatoms. The first-order chi connectivity index (χ1) is 9.44. The highest BCUT2D eigenvalue weighted by Crippen LogP contribution is 2.36. The lowest BCUT2D eigenvalue weighted by molar-refractivity contribution is 0.492. The summed E-state index contributed by atoms with van der Waals surface area (Å²) in [6.45, 7) is 6.24. The van der Waals surface area contributed by atoms with E-state index in [1.54, 1.807) is 6.07 Å². The topological polar surface area (TPSA) is 58.2 Å². The quantitative estimate of drug-likeness (QED) is 0.728. The third-order valence-corrected chi connectivity index (χ3v) is 7.24. The number of sulfonamides is 1. The molecule has 1 atom stereocenters. The minimum absolute atomic E-state index is 0.360. The van der Waals surface area contributed by atoms with Gasteiger partial charge in [-0.2, -0.15) is 0 Å². The Kier molecular flexibility index (Phi) is 5.64. The molecule has 1 saturated carbocycles. The Morgan fingerprint density at radius 1 is 1.50 bits per heavy atom. The normalized spacial score (nSPS) is 17.4. The van der Waals surface area contributed by atoms with Crippen LogP contribution in [0.2, 0.25) is 0 Å². The summed E-state index contributed by atoms with van der Waals surface area (Å²) < 4.78 is 28.1. The summed E-state index contributed by atoms with van der Waals surface area (Å²) in [5.41, 5.74) is 0. The van der Waals surface area contributed by atoms with Crippen molar-refractivity contribution in [3.63, 3.8) is 0 Å². The SMILES string of the molecule is CCNCc1cc(S(=O)(=O)NCC(C)C2CC2)c(Br)s1. The van der Waals surface area contributed by atoms with Crippen molar-refractivity contribution in [2.24, 2.45) is 11.8 Å². The predicted octanol–water partition coefficient (Wildman–Crippen LogP) is 2.94. The van der Waals surface area contributed by atoms with Crippen LogP contribution in [0.4, 0.5) is 0 Å². The lowest BCUT2D eigenvalue weighted by Gasteiger charge is -2.11. The van der Waals surface area contributed by atoms with Crippen molar-refractivity contribution in [1.82, 2.24) is 10.0 Å². The molecule has 0 spiro atoms. The average Bonchev–Trinajstić information content (AvgIpc) is 3.17. The fraction of sp³-hybridized carbons (Fsp3) is 0.692. The molecule has 0 saturated heterocycles. The standard InChI is InChI=1S/C13H21BrN2O2S2/c1-3-15-8-11-6-12(13(14)19-11)20(17,18)16-7-9(2)10-4-5-10/h6,9-10,15-16H,3-5,7-8H2,1-2H3. The minimum atomic E-state index is -3.41. The summed E-state index contributed by atoms with van der Waals surface area (Å²) in [6, 6.07) is 1.75. The summed E-state index contributed by atoms with van der Waals surface area (Å²) in [4.78, 5) is 1.38. The molecule has 1 aliphatic carbocycles. The van der Waals surface area contributed by atoms with Gasteiger partial charge in [0, 0.05) is 18.0 Å². The molecule has 2 rings (SSSR count). The second-order valence-electron chi connectivity index (χ2n) is 5.30. The lowest BCUT2D eigenvalue weighted by atomic mass is 10.1. The molecule has 20 heavy (non-hydrogen) atoms. The van der Waals surface area contributed by atoms with E-state index in [1.165, 1.54) is 24.2 Å². The third kappa shape index (κ3) is 4.27. The van der Waals surface area contributed by atoms with E-state index >= 15 is 0 Å². The van der Waals surface area contributed by atoms with Gasteiger partial charge < -0.3 is 5.32 Å². The van der Waals surface area contributed by atoms with Crippen LogP contribution in [0.15, 0.2) is 14.7 Å². The second-order valence-corrected chi connectivity index (χ2v) is 9.49. The number of thiophene rings is 1. The molecule has 0 aromatic carbocycles. The zero-order valence-electron chi connectivity index (χ0n) is 11.8. The third-order valence-electron chi connectivity index (χ3n) is 3.57. The molecule has 1 heterocycles. The molecule has 0 bridgehead atoms. The fourth-order valence-corrected chi connectivity index (χ4v) is 5.86. The van der Waals surface area contributed by atoms with Crippen molar-refractivity contribution in [3.8, 4) is 0 Å². The molecule has 1 aromatic rings. The molecule has 2 N–H and O–H groups in total. The zero-order valence-corrected chi connectivity index (χ0v) is 15.0. The molecule has 0 radical (unpaired) electrons. The van der Waals surface area contributed by atoms with Gasteiger partial charge in [-0.15, -0.1) is 11.3 Å². The van der Waals surface area contributed by atoms with Crippen molar-refractivity contribution in [2.75, 3.05) is 13.1 Å². The van der Waals surface area contributed by atoms with Gasteiger partial charge in [-0.3, -0.25) is 0 Å². The van der Waals surface area contributed by atoms with Crippen LogP contribution in [0.5, 0.6) is 0 Å². The number of nitrogens with one attached hydrogen (secondary N) is 2. The highest BCUT2D eigenvalue weighted by Gasteiger charge is 2.29. The number of hydrogen-bond donors (Lipinski definition) is 2. The van der Waals surface area contributed by atoms with Crippen LogP contribution in [0.25, 0.3) is 0 Å². The number of halogens is 1. The van der Waals surface area contributed by atoms with E-state index < -0.39 is 10.0 Å². The Bertz CT molecular complexity index is 553. The van der Waals surface area contributed by atoms with Crippen molar-refractivity contribution >= 4 is 37.3 Å². The Morgan fingerprint density at radius 3 is 2.80 bits per heavy atom. The van der Waals surface area contributed by atoms with Gasteiger partial charge in [0.1, 0.15) is 4.90 Å². The van der Waals surface area contributed by atoms with Crippen LogP contribution in [0.1, 0.15) is 31.6 Å². The van der Waals surface area contributed by atoms with Gasteiger partial charge in [-0.25, -0.2) is 13.1 Å². The number of hydrogen-bond acceptors (Lipinski definition) is 4. The Balaban J connectivity index is 2.02. The van der Waals surface area contributed by atoms with Crippen molar-refractivity contribution in [1.29, 1.82) is 0 Å². The first-order valence-corrected chi connectivity index (χ1v) is 10.0. The Hall–Kier alpha value is 0.0500. The maximum Gasteiger partial charge on any atom is 0.242 e. The van der Waals surface area contributed by atoms with E-state index in [4.69, 9.17) is 0 Å². The van der Waals surface area contributed by atoms with Gasteiger partial charge in [0.2, 0.25) is 10.0 Å². The molecule has 114 valence electrons. The average molecular weight is 381 g/mol. The lowest BCUT2D eigenvalue weighted by Crippen LogP contribution is -2.29. The highest BCUT2D eigenvalue weighted by atomic mass is 79.9. The zero-order chi connectivity index (χ0) is 14.8. The fourth-order valence-electron chi connectivity index (χ4n) is 2.07. The molecule has 1 aliphatic rings. The van der Waals surface area contributed by atoms with Crippen molar-refractivity contribution < 1.29 is 8.42 Å². The van der Waals surface area contributed by atoms with Crippen LogP contribution >= 0.6 is 27.3 Å². The smallest absolute Gasteiger partial charge is 0.242 e. The summed E-state index contributed by atoms with van der Waals surface area (Å²) in [5, 5.41) is 3.20. The van der Waals surface area contributed by atoms with Gasteiger partial charge in [-0.05, 0) is 53.2 Å². The molecule has 0 amide bonds. The number of rotatable bonds is 8. The summed E-state index contributed by atoms with van der Waals surface area (Å²) in [7, 11) is -3.41. The van der Waals surface area contributed by atoms with Crippen LogP contribution in [-0.4, -0.2) is 21.5 Å². The van der Waals surface area contributed by atoms with Crippen LogP contribution in [-0.2, 0) is 16.6 Å². The van der Waals surface area contributed by atoms with E-state index in [0.717, 1.165) is 11.4 Å². The maximum absolute atomic E-state index is 12.3. The van der Waals surface area contributed by atoms with E-state index in [2.05, 4.69) is 32.9 Å². The monoisotopic (exact) mass is 380 g/mol. The van der Waals surface area contributed by atoms with Crippen molar-refractivity contribution in [2.45, 2.75) is 38.1 Å². The largest absolute Gasteiger partial charge is 0.312 e. The maximum atomic E-state index is 12.3. The Morgan fingerprint density at radius 2 is 2.20 bits per heavy atom. The van der Waals surface area contributed by atoms with Gasteiger partial charge in [-0.1, -0.05) is 13.8 Å². The molecule has 1 fully saturated rings. The van der Waals surface area contributed by atoms with Crippen molar-refractivity contribution in [3.05, 3.63) is 14.7 Å². The second kappa shape index (κ2) is 6.87.